The Balaban J connectivity index is 2.56. The van der Waals surface area contributed by atoms with Gasteiger partial charge in [0.1, 0.15) is 0 Å². The summed E-state index contributed by atoms with van der Waals surface area (Å²) >= 11 is 1.54. The molecule has 0 aliphatic carbocycles. The second kappa shape index (κ2) is 3.50. The molecular weight excluding hydrogens is 160 g/mol. The van der Waals surface area contributed by atoms with Gasteiger partial charge in [0.2, 0.25) is 5.91 Å². The first-order chi connectivity index (χ1) is 5.20. The molecule has 1 amide bonds. The number of nitrogens with two attached hydrogens (primary N) is 2. The highest BCUT2D eigenvalue weighted by molar-refractivity contribution is 7.10. The van der Waals surface area contributed by atoms with Gasteiger partial charge in [0, 0.05) is 17.3 Å². The molecule has 1 atom stereocenters. The van der Waals surface area contributed by atoms with Crippen molar-refractivity contribution in [1.29, 1.82) is 0 Å². The van der Waals surface area contributed by atoms with Crippen molar-refractivity contribution in [3.8, 4) is 0 Å². The fourth-order valence-electron chi connectivity index (χ4n) is 0.820. The molecular formula is C7H10N2OS. The molecule has 11 heavy (non-hydrogen) atoms. The Hall–Kier alpha value is -0.870. The number of carbonyl (C=O) groups is 1. The van der Waals surface area contributed by atoms with Gasteiger partial charge in [-0.2, -0.15) is 0 Å². The molecule has 0 radical (unpaired) electrons. The van der Waals surface area contributed by atoms with E-state index >= 15 is 0 Å². The van der Waals surface area contributed by atoms with Crippen LogP contribution < -0.4 is 11.5 Å². The smallest absolute Gasteiger partial charge is 0.219 e. The van der Waals surface area contributed by atoms with E-state index in [1.165, 1.54) is 0 Å². The summed E-state index contributed by atoms with van der Waals surface area (Å²) in [5.74, 6) is -0.356. The summed E-state index contributed by atoms with van der Waals surface area (Å²) in [4.78, 5) is 11.5. The van der Waals surface area contributed by atoms with Crippen molar-refractivity contribution in [3.05, 3.63) is 22.4 Å². The summed E-state index contributed by atoms with van der Waals surface area (Å²) in [6.07, 6.45) is 0.223. The molecule has 0 aromatic carbocycles. The summed E-state index contributed by atoms with van der Waals surface area (Å²) in [5, 5.41) is 1.93. The van der Waals surface area contributed by atoms with Gasteiger partial charge >= 0.3 is 0 Å². The van der Waals surface area contributed by atoms with Gasteiger partial charge in [-0.05, 0) is 11.4 Å². The molecule has 0 saturated heterocycles. The molecule has 1 rings (SSSR count). The Morgan fingerprint density at radius 2 is 2.45 bits per heavy atom. The van der Waals surface area contributed by atoms with Crippen LogP contribution in [0.1, 0.15) is 17.3 Å². The van der Waals surface area contributed by atoms with Gasteiger partial charge in [-0.15, -0.1) is 11.3 Å². The van der Waals surface area contributed by atoms with Crippen LogP contribution in [0.4, 0.5) is 0 Å². The summed E-state index contributed by atoms with van der Waals surface area (Å²) in [7, 11) is 0. The Labute approximate surface area is 69.0 Å². The molecule has 3 nitrogen and oxygen atoms in total. The topological polar surface area (TPSA) is 69.1 Å². The van der Waals surface area contributed by atoms with Crippen LogP contribution in [0.15, 0.2) is 17.5 Å². The van der Waals surface area contributed by atoms with Crippen molar-refractivity contribution in [2.75, 3.05) is 0 Å². The van der Waals surface area contributed by atoms with E-state index in [2.05, 4.69) is 0 Å². The number of amides is 1. The minimum Gasteiger partial charge on any atom is -0.370 e. The maximum absolute atomic E-state index is 10.5. The Morgan fingerprint density at radius 1 is 1.73 bits per heavy atom. The molecule has 1 aromatic rings. The van der Waals surface area contributed by atoms with E-state index in [1.807, 2.05) is 17.5 Å². The van der Waals surface area contributed by atoms with E-state index in [1.54, 1.807) is 11.3 Å². The van der Waals surface area contributed by atoms with E-state index in [9.17, 15) is 4.79 Å². The number of primary amides is 1. The lowest BCUT2D eigenvalue weighted by molar-refractivity contribution is -0.118. The van der Waals surface area contributed by atoms with Gasteiger partial charge in [0.15, 0.2) is 0 Å². The van der Waals surface area contributed by atoms with Crippen LogP contribution in [0, 0.1) is 0 Å². The zero-order valence-electron chi connectivity index (χ0n) is 5.99. The fraction of sp³-hybridized carbons (Fsp3) is 0.286. The van der Waals surface area contributed by atoms with Gasteiger partial charge in [0.05, 0.1) is 0 Å². The molecule has 0 fully saturated rings. The Bertz CT molecular complexity index is 233. The third-order valence-electron chi connectivity index (χ3n) is 1.33. The second-order valence-electron chi connectivity index (χ2n) is 2.29. The highest BCUT2D eigenvalue weighted by Gasteiger charge is 2.08. The summed E-state index contributed by atoms with van der Waals surface area (Å²) in [6.45, 7) is 0. The summed E-state index contributed by atoms with van der Waals surface area (Å²) in [5.41, 5.74) is 10.6. The highest BCUT2D eigenvalue weighted by atomic mass is 32.1. The standard InChI is InChI=1S/C7H10N2OS/c8-5(4-7(9)10)6-2-1-3-11-6/h1-3,5H,4,8H2,(H2,9,10)/t5-/m0/s1. The maximum atomic E-state index is 10.5. The van der Waals surface area contributed by atoms with Gasteiger partial charge < -0.3 is 11.5 Å². The SMILES string of the molecule is NC(=O)C[C@H](N)c1cccs1. The van der Waals surface area contributed by atoms with E-state index in [0.29, 0.717) is 0 Å². The van der Waals surface area contributed by atoms with Crippen molar-refractivity contribution < 1.29 is 4.79 Å². The van der Waals surface area contributed by atoms with Crippen LogP contribution in [0.2, 0.25) is 0 Å². The minimum atomic E-state index is -0.356. The van der Waals surface area contributed by atoms with Crippen molar-refractivity contribution in [3.63, 3.8) is 0 Å². The zero-order valence-corrected chi connectivity index (χ0v) is 6.80. The molecule has 4 heteroatoms. The molecule has 0 unspecified atom stereocenters. The highest BCUT2D eigenvalue weighted by Crippen LogP contribution is 2.18. The Morgan fingerprint density at radius 3 is 2.91 bits per heavy atom. The van der Waals surface area contributed by atoms with Gasteiger partial charge in [-0.1, -0.05) is 6.07 Å². The van der Waals surface area contributed by atoms with Crippen LogP contribution in [-0.2, 0) is 4.79 Å². The van der Waals surface area contributed by atoms with E-state index in [-0.39, 0.29) is 18.4 Å². The third kappa shape index (κ3) is 2.32. The largest absolute Gasteiger partial charge is 0.370 e. The fourth-order valence-corrected chi connectivity index (χ4v) is 1.55. The second-order valence-corrected chi connectivity index (χ2v) is 3.27. The lowest BCUT2D eigenvalue weighted by atomic mass is 10.2. The van der Waals surface area contributed by atoms with E-state index in [0.717, 1.165) is 4.88 Å². The molecule has 0 aliphatic heterocycles. The van der Waals surface area contributed by atoms with Crippen molar-refractivity contribution in [1.82, 2.24) is 0 Å². The number of thiophene rings is 1. The number of rotatable bonds is 3. The van der Waals surface area contributed by atoms with Gasteiger partial charge in [-0.25, -0.2) is 0 Å². The first kappa shape index (κ1) is 8.23. The number of carbonyl (C=O) groups excluding carboxylic acids is 1. The van der Waals surface area contributed by atoms with Gasteiger partial charge in [-0.3, -0.25) is 4.79 Å². The van der Waals surface area contributed by atoms with Gasteiger partial charge in [0.25, 0.3) is 0 Å². The average molecular weight is 170 g/mol. The van der Waals surface area contributed by atoms with Crippen LogP contribution in [0.5, 0.6) is 0 Å². The molecule has 0 spiro atoms. The summed E-state index contributed by atoms with van der Waals surface area (Å²) < 4.78 is 0. The quantitative estimate of drug-likeness (QED) is 0.698. The van der Waals surface area contributed by atoms with Crippen molar-refractivity contribution >= 4 is 17.2 Å². The van der Waals surface area contributed by atoms with Crippen LogP contribution in [-0.4, -0.2) is 5.91 Å². The zero-order chi connectivity index (χ0) is 8.27. The Kier molecular flexibility index (Phi) is 2.62. The lowest BCUT2D eigenvalue weighted by Crippen LogP contribution is -2.19. The molecule has 0 saturated carbocycles. The van der Waals surface area contributed by atoms with Crippen LogP contribution in [0.3, 0.4) is 0 Å². The van der Waals surface area contributed by atoms with E-state index < -0.39 is 0 Å². The molecule has 0 aliphatic rings. The average Bonchev–Trinajstić information content (AvgIpc) is 2.35. The molecule has 1 aromatic heterocycles. The van der Waals surface area contributed by atoms with Crippen molar-refractivity contribution in [2.24, 2.45) is 11.5 Å². The maximum Gasteiger partial charge on any atom is 0.219 e. The molecule has 1 heterocycles. The van der Waals surface area contributed by atoms with E-state index in [4.69, 9.17) is 11.5 Å². The predicted molar refractivity (Wildman–Crippen MR) is 45.1 cm³/mol. The molecule has 0 bridgehead atoms. The predicted octanol–water partition coefficient (Wildman–Crippen LogP) is 0.623. The normalized spacial score (nSPS) is 12.8. The first-order valence-corrected chi connectivity index (χ1v) is 4.15. The third-order valence-corrected chi connectivity index (χ3v) is 2.33. The summed E-state index contributed by atoms with van der Waals surface area (Å²) in [6, 6.07) is 3.58. The monoisotopic (exact) mass is 170 g/mol. The molecule has 60 valence electrons. The van der Waals surface area contributed by atoms with Crippen LogP contribution >= 0.6 is 11.3 Å². The van der Waals surface area contributed by atoms with Crippen molar-refractivity contribution in [2.45, 2.75) is 12.5 Å². The number of hydrogen-bond acceptors (Lipinski definition) is 3. The van der Waals surface area contributed by atoms with Crippen LogP contribution in [0.25, 0.3) is 0 Å². The number of hydrogen-bond donors (Lipinski definition) is 2. The minimum absolute atomic E-state index is 0.223. The first-order valence-electron chi connectivity index (χ1n) is 3.27. The lowest BCUT2D eigenvalue weighted by Gasteiger charge is -2.04. The molecule has 4 N–H and O–H groups in total.